The Balaban J connectivity index is 1.96. The van der Waals surface area contributed by atoms with Crippen LogP contribution in [0.1, 0.15) is 57.6 Å². The average Bonchev–Trinajstić information content (AvgIpc) is 2.52. The Labute approximate surface area is 139 Å². The summed E-state index contributed by atoms with van der Waals surface area (Å²) in [6.07, 6.45) is 5.56. The topological polar surface area (TPSA) is 29.5 Å². The van der Waals surface area contributed by atoms with Gasteiger partial charge in [0.05, 0.1) is 0 Å². The van der Waals surface area contributed by atoms with Gasteiger partial charge in [-0.2, -0.15) is 0 Å². The van der Waals surface area contributed by atoms with Crippen LogP contribution in [0.3, 0.4) is 0 Å². The van der Waals surface area contributed by atoms with E-state index in [2.05, 4.69) is 26.8 Å². The lowest BCUT2D eigenvalue weighted by molar-refractivity contribution is 0.0543. The Hall–Kier alpha value is -1.70. The predicted octanol–water partition coefficient (Wildman–Crippen LogP) is 5.76. The number of benzene rings is 2. The second-order valence-electron chi connectivity index (χ2n) is 7.66. The van der Waals surface area contributed by atoms with Crippen LogP contribution in [0.4, 0.5) is 0 Å². The van der Waals surface area contributed by atoms with Crippen LogP contribution >= 0.6 is 0 Å². The summed E-state index contributed by atoms with van der Waals surface area (Å²) in [5, 5.41) is 12.4. The third kappa shape index (κ3) is 3.04. The lowest BCUT2D eigenvalue weighted by atomic mass is 9.84. The third-order valence-electron chi connectivity index (χ3n) is 5.25. The molecule has 0 bridgehead atoms. The minimum absolute atomic E-state index is 0.0892. The van der Waals surface area contributed by atoms with Crippen LogP contribution in [-0.4, -0.2) is 10.7 Å². The van der Waals surface area contributed by atoms with E-state index in [1.54, 1.807) is 0 Å². The number of ether oxygens (including phenoxy) is 1. The van der Waals surface area contributed by atoms with Crippen molar-refractivity contribution in [2.24, 2.45) is 5.92 Å². The molecule has 3 rings (SSSR count). The molecular formula is C21H28O2. The molecule has 0 spiro atoms. The molecule has 0 aliphatic carbocycles. The van der Waals surface area contributed by atoms with Crippen molar-refractivity contribution in [1.82, 2.24) is 0 Å². The van der Waals surface area contributed by atoms with Gasteiger partial charge >= 0.3 is 0 Å². The number of aromatic hydroxyl groups is 1. The molecule has 1 aliphatic heterocycles. The van der Waals surface area contributed by atoms with Crippen LogP contribution in [0, 0.1) is 12.8 Å². The highest BCUT2D eigenvalue weighted by Crippen LogP contribution is 2.46. The first-order valence-corrected chi connectivity index (χ1v) is 8.83. The quantitative estimate of drug-likeness (QED) is 0.777. The van der Waals surface area contributed by atoms with E-state index in [9.17, 15) is 5.11 Å². The van der Waals surface area contributed by atoms with Crippen molar-refractivity contribution in [3.05, 3.63) is 35.4 Å². The highest BCUT2D eigenvalue weighted by molar-refractivity contribution is 5.95. The van der Waals surface area contributed by atoms with E-state index < -0.39 is 0 Å². The van der Waals surface area contributed by atoms with Gasteiger partial charge in [0.1, 0.15) is 17.1 Å². The van der Waals surface area contributed by atoms with E-state index in [1.165, 1.54) is 18.4 Å². The minimum atomic E-state index is -0.0892. The van der Waals surface area contributed by atoms with Gasteiger partial charge in [-0.25, -0.2) is 0 Å². The van der Waals surface area contributed by atoms with Gasteiger partial charge in [0.25, 0.3) is 0 Å². The molecule has 2 heteroatoms. The highest BCUT2D eigenvalue weighted by atomic mass is 16.5. The monoisotopic (exact) mass is 312 g/mol. The van der Waals surface area contributed by atoms with Crippen molar-refractivity contribution in [3.8, 4) is 11.5 Å². The SMILES string of the molecule is Cc1c2c(c3ccccc3c1O)OC(C)(CCCC(C)C)CC2. The molecule has 2 nitrogen and oxygen atoms in total. The van der Waals surface area contributed by atoms with Gasteiger partial charge < -0.3 is 9.84 Å². The molecule has 2 aromatic carbocycles. The molecule has 1 atom stereocenters. The maximum atomic E-state index is 10.5. The van der Waals surface area contributed by atoms with Gasteiger partial charge in [0.2, 0.25) is 0 Å². The normalized spacial score (nSPS) is 20.6. The molecule has 0 radical (unpaired) electrons. The van der Waals surface area contributed by atoms with Gasteiger partial charge in [-0.3, -0.25) is 0 Å². The Morgan fingerprint density at radius 3 is 2.61 bits per heavy atom. The first-order chi connectivity index (χ1) is 10.9. The Kier molecular flexibility index (Phi) is 4.27. The molecule has 0 aromatic heterocycles. The third-order valence-corrected chi connectivity index (χ3v) is 5.25. The van der Waals surface area contributed by atoms with Crippen molar-refractivity contribution >= 4 is 10.8 Å². The fraction of sp³-hybridized carbons (Fsp3) is 0.524. The molecule has 1 heterocycles. The fourth-order valence-electron chi connectivity index (χ4n) is 3.73. The lowest BCUT2D eigenvalue weighted by Gasteiger charge is -2.37. The van der Waals surface area contributed by atoms with Crippen molar-refractivity contribution in [2.45, 2.75) is 65.4 Å². The van der Waals surface area contributed by atoms with Gasteiger partial charge in [0, 0.05) is 16.3 Å². The molecule has 124 valence electrons. The number of phenolic OH excluding ortho intramolecular Hbond substituents is 1. The number of phenols is 1. The van der Waals surface area contributed by atoms with Crippen LogP contribution in [0.15, 0.2) is 24.3 Å². The van der Waals surface area contributed by atoms with E-state index in [4.69, 9.17) is 4.74 Å². The van der Waals surface area contributed by atoms with Crippen LogP contribution in [-0.2, 0) is 6.42 Å². The number of hydrogen-bond donors (Lipinski definition) is 1. The minimum Gasteiger partial charge on any atom is -0.507 e. The summed E-state index contributed by atoms with van der Waals surface area (Å²) >= 11 is 0. The summed E-state index contributed by atoms with van der Waals surface area (Å²) < 4.78 is 6.54. The largest absolute Gasteiger partial charge is 0.507 e. The molecule has 23 heavy (non-hydrogen) atoms. The zero-order valence-electron chi connectivity index (χ0n) is 14.8. The first kappa shape index (κ1) is 16.2. The summed E-state index contributed by atoms with van der Waals surface area (Å²) in [6, 6.07) is 8.03. The summed E-state index contributed by atoms with van der Waals surface area (Å²) in [4.78, 5) is 0. The Bertz CT molecular complexity index is 717. The molecular weight excluding hydrogens is 284 g/mol. The summed E-state index contributed by atoms with van der Waals surface area (Å²) in [6.45, 7) is 8.80. The Morgan fingerprint density at radius 2 is 1.91 bits per heavy atom. The lowest BCUT2D eigenvalue weighted by Crippen LogP contribution is -2.36. The van der Waals surface area contributed by atoms with E-state index >= 15 is 0 Å². The summed E-state index contributed by atoms with van der Waals surface area (Å²) in [5.74, 6) is 2.15. The van der Waals surface area contributed by atoms with E-state index in [-0.39, 0.29) is 5.60 Å². The molecule has 0 saturated heterocycles. The first-order valence-electron chi connectivity index (χ1n) is 8.83. The second-order valence-corrected chi connectivity index (χ2v) is 7.66. The van der Waals surface area contributed by atoms with Crippen molar-refractivity contribution in [2.75, 3.05) is 0 Å². The molecule has 2 aromatic rings. The molecule has 0 saturated carbocycles. The number of fused-ring (bicyclic) bond motifs is 3. The van der Waals surface area contributed by atoms with Gasteiger partial charge in [-0.15, -0.1) is 0 Å². The maximum Gasteiger partial charge on any atom is 0.131 e. The number of rotatable bonds is 4. The summed E-state index contributed by atoms with van der Waals surface area (Å²) in [7, 11) is 0. The van der Waals surface area contributed by atoms with Gasteiger partial charge in [-0.1, -0.05) is 44.5 Å². The average molecular weight is 312 g/mol. The summed E-state index contributed by atoms with van der Waals surface area (Å²) in [5.41, 5.74) is 2.07. The zero-order valence-corrected chi connectivity index (χ0v) is 14.8. The van der Waals surface area contributed by atoms with Crippen molar-refractivity contribution in [3.63, 3.8) is 0 Å². The molecule has 0 fully saturated rings. The molecule has 1 aliphatic rings. The van der Waals surface area contributed by atoms with Crippen LogP contribution in [0.25, 0.3) is 10.8 Å². The van der Waals surface area contributed by atoms with Crippen molar-refractivity contribution in [1.29, 1.82) is 0 Å². The smallest absolute Gasteiger partial charge is 0.131 e. The van der Waals surface area contributed by atoms with Gasteiger partial charge in [0.15, 0.2) is 0 Å². The zero-order chi connectivity index (χ0) is 16.6. The Morgan fingerprint density at radius 1 is 1.22 bits per heavy atom. The van der Waals surface area contributed by atoms with Crippen LogP contribution in [0.5, 0.6) is 11.5 Å². The second kappa shape index (κ2) is 6.07. The highest BCUT2D eigenvalue weighted by Gasteiger charge is 2.33. The standard InChI is InChI=1S/C21H28O2/c1-14(2)8-7-12-21(4)13-11-16-15(3)19(22)17-9-5-6-10-18(17)20(16)23-21/h5-6,9-10,14,22H,7-8,11-13H2,1-4H3. The van der Waals surface area contributed by atoms with Crippen LogP contribution in [0.2, 0.25) is 0 Å². The molecule has 1 unspecified atom stereocenters. The molecule has 1 N–H and O–H groups in total. The predicted molar refractivity (Wildman–Crippen MR) is 96.4 cm³/mol. The van der Waals surface area contributed by atoms with E-state index in [0.29, 0.717) is 5.75 Å². The fourth-order valence-corrected chi connectivity index (χ4v) is 3.73. The van der Waals surface area contributed by atoms with E-state index in [1.807, 2.05) is 25.1 Å². The molecule has 0 amide bonds. The maximum absolute atomic E-state index is 10.5. The number of hydrogen-bond acceptors (Lipinski definition) is 2. The van der Waals surface area contributed by atoms with Crippen LogP contribution < -0.4 is 4.74 Å². The van der Waals surface area contributed by atoms with Crippen molar-refractivity contribution < 1.29 is 9.84 Å². The van der Waals surface area contributed by atoms with E-state index in [0.717, 1.165) is 47.3 Å². The van der Waals surface area contributed by atoms with Gasteiger partial charge in [-0.05, 0) is 51.0 Å².